The van der Waals surface area contributed by atoms with Crippen molar-refractivity contribution in [1.29, 1.82) is 0 Å². The maximum Gasteiger partial charge on any atom is 0.223 e. The summed E-state index contributed by atoms with van der Waals surface area (Å²) in [5.41, 5.74) is 8.36. The SMILES string of the molecule is NNC1(N2CCC(N)=N2)NCCS1. The number of nitrogens with one attached hydrogen (secondary N) is 2. The molecule has 2 aliphatic rings. The molecule has 0 aliphatic carbocycles. The van der Waals surface area contributed by atoms with Crippen molar-refractivity contribution in [2.45, 2.75) is 11.5 Å². The molecule has 0 saturated carbocycles. The first-order valence-electron chi connectivity index (χ1n) is 4.24. The second-order valence-electron chi connectivity index (χ2n) is 3.03. The molecule has 0 amide bonds. The highest BCUT2D eigenvalue weighted by Crippen LogP contribution is 2.29. The summed E-state index contributed by atoms with van der Waals surface area (Å²) in [6, 6.07) is 0. The monoisotopic (exact) mass is 202 g/mol. The third kappa shape index (κ3) is 1.48. The summed E-state index contributed by atoms with van der Waals surface area (Å²) in [6.45, 7) is 1.75. The number of amidine groups is 1. The maximum atomic E-state index is 5.61. The van der Waals surface area contributed by atoms with Crippen LogP contribution in [-0.2, 0) is 0 Å². The van der Waals surface area contributed by atoms with Gasteiger partial charge in [0.15, 0.2) is 0 Å². The number of hydrogen-bond donors (Lipinski definition) is 4. The van der Waals surface area contributed by atoms with Gasteiger partial charge in [0.05, 0.1) is 0 Å². The minimum Gasteiger partial charge on any atom is -0.386 e. The zero-order valence-corrected chi connectivity index (χ0v) is 8.10. The third-order valence-electron chi connectivity index (χ3n) is 2.17. The van der Waals surface area contributed by atoms with Crippen LogP contribution >= 0.6 is 11.8 Å². The number of nitrogens with two attached hydrogens (primary N) is 2. The van der Waals surface area contributed by atoms with Crippen LogP contribution in [0.1, 0.15) is 6.42 Å². The number of nitrogens with zero attached hydrogens (tertiary/aromatic N) is 2. The largest absolute Gasteiger partial charge is 0.386 e. The Kier molecular flexibility index (Phi) is 2.33. The Balaban J connectivity index is 2.12. The summed E-state index contributed by atoms with van der Waals surface area (Å²) in [6.07, 6.45) is 0.811. The maximum absolute atomic E-state index is 5.61. The molecule has 13 heavy (non-hydrogen) atoms. The van der Waals surface area contributed by atoms with E-state index in [1.54, 1.807) is 11.8 Å². The lowest BCUT2D eigenvalue weighted by atomic mass is 10.4. The van der Waals surface area contributed by atoms with Gasteiger partial charge in [0.2, 0.25) is 5.12 Å². The van der Waals surface area contributed by atoms with Gasteiger partial charge >= 0.3 is 0 Å². The summed E-state index contributed by atoms with van der Waals surface area (Å²) >= 11 is 1.71. The van der Waals surface area contributed by atoms with Crippen molar-refractivity contribution in [2.24, 2.45) is 16.7 Å². The van der Waals surface area contributed by atoms with Gasteiger partial charge in [0, 0.05) is 25.3 Å². The van der Waals surface area contributed by atoms with Gasteiger partial charge in [-0.25, -0.2) is 5.43 Å². The highest BCUT2D eigenvalue weighted by molar-refractivity contribution is 8.00. The van der Waals surface area contributed by atoms with Crippen molar-refractivity contribution in [3.05, 3.63) is 0 Å². The lowest BCUT2D eigenvalue weighted by Gasteiger charge is -2.35. The van der Waals surface area contributed by atoms with E-state index in [1.807, 2.05) is 5.01 Å². The molecule has 0 aromatic heterocycles. The van der Waals surface area contributed by atoms with Gasteiger partial charge in [-0.2, -0.15) is 5.10 Å². The predicted octanol–water partition coefficient (Wildman–Crippen LogP) is -1.62. The van der Waals surface area contributed by atoms with Crippen LogP contribution in [0.25, 0.3) is 0 Å². The van der Waals surface area contributed by atoms with E-state index in [9.17, 15) is 0 Å². The van der Waals surface area contributed by atoms with E-state index in [2.05, 4.69) is 15.8 Å². The standard InChI is InChI=1S/C6H14N6S/c7-5-1-3-12(10-5)6(11-8)9-2-4-13-6/h9,11H,1-4,8H2,(H2,7,10). The van der Waals surface area contributed by atoms with E-state index < -0.39 is 5.12 Å². The molecule has 0 aromatic carbocycles. The average molecular weight is 202 g/mol. The van der Waals surface area contributed by atoms with Crippen LogP contribution < -0.4 is 22.3 Å². The van der Waals surface area contributed by atoms with Crippen molar-refractivity contribution in [2.75, 3.05) is 18.8 Å². The Morgan fingerprint density at radius 3 is 3.00 bits per heavy atom. The molecule has 7 heteroatoms. The predicted molar refractivity (Wildman–Crippen MR) is 53.5 cm³/mol. The van der Waals surface area contributed by atoms with Crippen molar-refractivity contribution >= 4 is 17.6 Å². The van der Waals surface area contributed by atoms with Crippen molar-refractivity contribution in [3.63, 3.8) is 0 Å². The fourth-order valence-corrected chi connectivity index (χ4v) is 2.57. The second kappa shape index (κ2) is 3.33. The van der Waals surface area contributed by atoms with E-state index in [1.165, 1.54) is 0 Å². The van der Waals surface area contributed by atoms with Crippen LogP contribution in [0.5, 0.6) is 0 Å². The number of rotatable bonds is 2. The quantitative estimate of drug-likeness (QED) is 0.318. The van der Waals surface area contributed by atoms with Crippen molar-refractivity contribution in [3.8, 4) is 0 Å². The Morgan fingerprint density at radius 1 is 1.69 bits per heavy atom. The Hall–Kier alpha value is -0.500. The van der Waals surface area contributed by atoms with Crippen LogP contribution in [0.15, 0.2) is 5.10 Å². The summed E-state index contributed by atoms with van der Waals surface area (Å²) in [5.74, 6) is 7.20. The van der Waals surface area contributed by atoms with Gasteiger partial charge in [0.25, 0.3) is 0 Å². The van der Waals surface area contributed by atoms with Crippen LogP contribution in [-0.4, -0.2) is 34.8 Å². The zero-order valence-electron chi connectivity index (χ0n) is 7.29. The topological polar surface area (TPSA) is 91.7 Å². The highest BCUT2D eigenvalue weighted by Gasteiger charge is 2.40. The van der Waals surface area contributed by atoms with Gasteiger partial charge in [0.1, 0.15) is 5.84 Å². The van der Waals surface area contributed by atoms with E-state index >= 15 is 0 Å². The van der Waals surface area contributed by atoms with E-state index in [-0.39, 0.29) is 0 Å². The molecule has 1 fully saturated rings. The molecule has 2 rings (SSSR count). The van der Waals surface area contributed by atoms with Crippen LogP contribution in [0.2, 0.25) is 0 Å². The first kappa shape index (κ1) is 9.07. The first-order chi connectivity index (χ1) is 6.27. The van der Waals surface area contributed by atoms with Gasteiger partial charge in [-0.3, -0.25) is 16.2 Å². The second-order valence-corrected chi connectivity index (χ2v) is 4.32. The number of hydrazone groups is 1. The zero-order chi connectivity index (χ0) is 9.31. The number of hydrogen-bond acceptors (Lipinski definition) is 7. The van der Waals surface area contributed by atoms with Gasteiger partial charge in [-0.1, -0.05) is 11.8 Å². The molecule has 1 unspecified atom stereocenters. The van der Waals surface area contributed by atoms with Crippen LogP contribution in [0.4, 0.5) is 0 Å². The molecule has 1 atom stereocenters. The van der Waals surface area contributed by atoms with E-state index in [0.717, 1.165) is 25.3 Å². The van der Waals surface area contributed by atoms with E-state index in [4.69, 9.17) is 11.6 Å². The summed E-state index contributed by atoms with van der Waals surface area (Å²) in [7, 11) is 0. The smallest absolute Gasteiger partial charge is 0.223 e. The molecule has 0 aromatic rings. The first-order valence-corrected chi connectivity index (χ1v) is 5.23. The van der Waals surface area contributed by atoms with Gasteiger partial charge < -0.3 is 5.73 Å². The highest BCUT2D eigenvalue weighted by atomic mass is 32.2. The summed E-state index contributed by atoms with van der Waals surface area (Å²) < 4.78 is 0. The Bertz CT molecular complexity index is 223. The molecule has 2 aliphatic heterocycles. The molecule has 1 saturated heterocycles. The summed E-state index contributed by atoms with van der Waals surface area (Å²) in [5, 5.41) is 8.92. The lowest BCUT2D eigenvalue weighted by Crippen LogP contribution is -2.63. The minimum absolute atomic E-state index is 0.443. The van der Waals surface area contributed by atoms with E-state index in [0.29, 0.717) is 5.84 Å². The van der Waals surface area contributed by atoms with Crippen LogP contribution in [0, 0.1) is 0 Å². The molecular formula is C6H14N6S. The average Bonchev–Trinajstić information content (AvgIpc) is 2.73. The summed E-state index contributed by atoms with van der Waals surface area (Å²) in [4.78, 5) is 0. The van der Waals surface area contributed by atoms with Gasteiger partial charge in [-0.15, -0.1) is 0 Å². The molecule has 0 spiro atoms. The molecule has 0 bridgehead atoms. The molecule has 6 N–H and O–H groups in total. The number of thioether (sulfide) groups is 1. The van der Waals surface area contributed by atoms with Crippen molar-refractivity contribution < 1.29 is 0 Å². The lowest BCUT2D eigenvalue weighted by molar-refractivity contribution is 0.131. The fraction of sp³-hybridized carbons (Fsp3) is 0.833. The number of hydrazine groups is 1. The van der Waals surface area contributed by atoms with Gasteiger partial charge in [-0.05, 0) is 0 Å². The molecular weight excluding hydrogens is 188 g/mol. The molecule has 6 nitrogen and oxygen atoms in total. The minimum atomic E-state index is -0.443. The fourth-order valence-electron chi connectivity index (χ4n) is 1.51. The van der Waals surface area contributed by atoms with Crippen molar-refractivity contribution in [1.82, 2.24) is 15.8 Å². The Labute approximate surface area is 81.1 Å². The van der Waals surface area contributed by atoms with Crippen LogP contribution in [0.3, 0.4) is 0 Å². The molecule has 74 valence electrons. The molecule has 2 heterocycles. The Morgan fingerprint density at radius 2 is 2.54 bits per heavy atom. The third-order valence-corrected chi connectivity index (χ3v) is 3.46. The molecule has 0 radical (unpaired) electrons. The normalized spacial score (nSPS) is 33.9.